The van der Waals surface area contributed by atoms with Crippen LogP contribution in [0.1, 0.15) is 72.9 Å². The first-order valence-electron chi connectivity index (χ1n) is 11.3. The molecule has 1 atom stereocenters. The first kappa shape index (κ1) is 22.9. The van der Waals surface area contributed by atoms with E-state index in [1.807, 2.05) is 32.0 Å². The number of rotatable bonds is 9. The van der Waals surface area contributed by atoms with Crippen LogP contribution in [-0.4, -0.2) is 44.6 Å². The number of nitrogens with zero attached hydrogens (tertiary/aromatic N) is 4. The topological polar surface area (TPSA) is 75.1 Å². The van der Waals surface area contributed by atoms with Crippen LogP contribution in [0.25, 0.3) is 11.6 Å². The highest BCUT2D eigenvalue weighted by molar-refractivity contribution is 7.99. The van der Waals surface area contributed by atoms with E-state index >= 15 is 0 Å². The SMILES string of the molecule is COCC(C)n1c(C)cc(C(=O)CSc2nnc(-c3ccco3)n2C2CCCCC2)c1C. The number of thioether (sulfide) groups is 1. The molecule has 1 aliphatic carbocycles. The van der Waals surface area contributed by atoms with Crippen molar-refractivity contribution in [1.82, 2.24) is 19.3 Å². The van der Waals surface area contributed by atoms with Gasteiger partial charge in [-0.05, 0) is 51.8 Å². The second kappa shape index (κ2) is 10.1. The molecule has 0 aromatic carbocycles. The van der Waals surface area contributed by atoms with Gasteiger partial charge in [-0.1, -0.05) is 31.0 Å². The molecule has 172 valence electrons. The van der Waals surface area contributed by atoms with Gasteiger partial charge in [0.25, 0.3) is 0 Å². The third kappa shape index (κ3) is 4.57. The van der Waals surface area contributed by atoms with Crippen molar-refractivity contribution in [3.05, 3.63) is 41.4 Å². The van der Waals surface area contributed by atoms with E-state index in [-0.39, 0.29) is 11.8 Å². The Morgan fingerprint density at radius 2 is 2.06 bits per heavy atom. The fourth-order valence-corrected chi connectivity index (χ4v) is 5.77. The monoisotopic (exact) mass is 456 g/mol. The van der Waals surface area contributed by atoms with Crippen LogP contribution in [0.15, 0.2) is 34.0 Å². The number of ether oxygens (including phenoxy) is 1. The molecule has 4 rings (SSSR count). The standard InChI is InChI=1S/C24H32N4O3S/c1-16-13-20(18(3)27(16)17(2)14-30-4)21(29)15-32-24-26-25-23(22-11-8-12-31-22)28(24)19-9-6-5-7-10-19/h8,11-13,17,19H,5-7,9-10,14-15H2,1-4H3. The lowest BCUT2D eigenvalue weighted by atomic mass is 9.95. The largest absolute Gasteiger partial charge is 0.461 e. The molecular weight excluding hydrogens is 424 g/mol. The lowest BCUT2D eigenvalue weighted by Gasteiger charge is -2.25. The molecule has 0 radical (unpaired) electrons. The van der Waals surface area contributed by atoms with E-state index in [0.717, 1.165) is 46.5 Å². The molecular formula is C24H32N4O3S. The van der Waals surface area contributed by atoms with Gasteiger partial charge in [-0.15, -0.1) is 10.2 Å². The lowest BCUT2D eigenvalue weighted by molar-refractivity contribution is 0.102. The molecule has 1 aliphatic rings. The lowest BCUT2D eigenvalue weighted by Crippen LogP contribution is -2.16. The molecule has 1 unspecified atom stereocenters. The summed E-state index contributed by atoms with van der Waals surface area (Å²) in [5.41, 5.74) is 2.83. The summed E-state index contributed by atoms with van der Waals surface area (Å²) in [5.74, 6) is 1.91. The number of methoxy groups -OCH3 is 1. The third-order valence-electron chi connectivity index (χ3n) is 6.31. The number of aromatic nitrogens is 4. The van der Waals surface area contributed by atoms with E-state index in [1.165, 1.54) is 31.0 Å². The van der Waals surface area contributed by atoms with Gasteiger partial charge in [0.2, 0.25) is 5.82 Å². The highest BCUT2D eigenvalue weighted by Gasteiger charge is 2.26. The summed E-state index contributed by atoms with van der Waals surface area (Å²) in [6, 6.07) is 6.30. The summed E-state index contributed by atoms with van der Waals surface area (Å²) in [6.07, 6.45) is 7.54. The normalized spacial score (nSPS) is 15.9. The number of carbonyl (C=O) groups is 1. The Balaban J connectivity index is 1.55. The fourth-order valence-electron chi connectivity index (χ4n) is 4.88. The number of aryl methyl sites for hydroxylation is 1. The fraction of sp³-hybridized carbons (Fsp3) is 0.542. The van der Waals surface area contributed by atoms with Crippen molar-refractivity contribution >= 4 is 17.5 Å². The van der Waals surface area contributed by atoms with Crippen LogP contribution < -0.4 is 0 Å². The Morgan fingerprint density at radius 1 is 1.28 bits per heavy atom. The van der Waals surface area contributed by atoms with E-state index in [1.54, 1.807) is 13.4 Å². The minimum Gasteiger partial charge on any atom is -0.461 e. The Hall–Kier alpha value is -2.32. The van der Waals surface area contributed by atoms with E-state index in [4.69, 9.17) is 9.15 Å². The van der Waals surface area contributed by atoms with Gasteiger partial charge < -0.3 is 13.7 Å². The molecule has 0 amide bonds. The van der Waals surface area contributed by atoms with Gasteiger partial charge in [0.1, 0.15) is 0 Å². The van der Waals surface area contributed by atoms with E-state index in [0.29, 0.717) is 18.4 Å². The number of Topliss-reactive ketones (excluding diaryl/α,β-unsaturated/α-hetero) is 1. The predicted octanol–water partition coefficient (Wildman–Crippen LogP) is 5.64. The molecule has 1 saturated carbocycles. The molecule has 0 spiro atoms. The van der Waals surface area contributed by atoms with Crippen molar-refractivity contribution in [2.24, 2.45) is 0 Å². The predicted molar refractivity (Wildman–Crippen MR) is 125 cm³/mol. The van der Waals surface area contributed by atoms with E-state index < -0.39 is 0 Å². The quantitative estimate of drug-likeness (QED) is 0.306. The van der Waals surface area contributed by atoms with Crippen molar-refractivity contribution in [3.8, 4) is 11.6 Å². The Bertz CT molecular complexity index is 1050. The van der Waals surface area contributed by atoms with Gasteiger partial charge in [0.15, 0.2) is 16.7 Å². The zero-order chi connectivity index (χ0) is 22.7. The van der Waals surface area contributed by atoms with Crippen LogP contribution in [-0.2, 0) is 4.74 Å². The summed E-state index contributed by atoms with van der Waals surface area (Å²) in [7, 11) is 1.70. The van der Waals surface area contributed by atoms with Crippen LogP contribution in [0.2, 0.25) is 0 Å². The first-order valence-corrected chi connectivity index (χ1v) is 12.3. The second-order valence-electron chi connectivity index (χ2n) is 8.62. The summed E-state index contributed by atoms with van der Waals surface area (Å²) in [5, 5.41) is 9.68. The molecule has 7 nitrogen and oxygen atoms in total. The number of carbonyl (C=O) groups excluding carboxylic acids is 1. The van der Waals surface area contributed by atoms with Crippen molar-refractivity contribution in [2.75, 3.05) is 19.5 Å². The maximum atomic E-state index is 13.2. The van der Waals surface area contributed by atoms with Crippen molar-refractivity contribution < 1.29 is 13.9 Å². The zero-order valence-electron chi connectivity index (χ0n) is 19.3. The molecule has 1 fully saturated rings. The van der Waals surface area contributed by atoms with Gasteiger partial charge >= 0.3 is 0 Å². The number of hydrogen-bond acceptors (Lipinski definition) is 6. The Labute approximate surface area is 193 Å². The van der Waals surface area contributed by atoms with Crippen molar-refractivity contribution in [3.63, 3.8) is 0 Å². The third-order valence-corrected chi connectivity index (χ3v) is 7.25. The second-order valence-corrected chi connectivity index (χ2v) is 9.56. The minimum absolute atomic E-state index is 0.108. The van der Waals surface area contributed by atoms with Gasteiger partial charge in [0.05, 0.1) is 24.7 Å². The van der Waals surface area contributed by atoms with Gasteiger partial charge in [-0.25, -0.2) is 0 Å². The number of ketones is 1. The molecule has 3 aromatic rings. The smallest absolute Gasteiger partial charge is 0.200 e. The summed E-state index contributed by atoms with van der Waals surface area (Å²) in [6.45, 7) is 6.77. The molecule has 0 bridgehead atoms. The number of hydrogen-bond donors (Lipinski definition) is 0. The van der Waals surface area contributed by atoms with Crippen molar-refractivity contribution in [1.29, 1.82) is 0 Å². The molecule has 0 saturated heterocycles. The summed E-state index contributed by atoms with van der Waals surface area (Å²) < 4.78 is 15.3. The minimum atomic E-state index is 0.108. The van der Waals surface area contributed by atoms with E-state index in [2.05, 4.69) is 26.3 Å². The molecule has 0 aliphatic heterocycles. The highest BCUT2D eigenvalue weighted by Crippen LogP contribution is 2.36. The molecule has 32 heavy (non-hydrogen) atoms. The maximum absolute atomic E-state index is 13.2. The van der Waals surface area contributed by atoms with E-state index in [9.17, 15) is 4.79 Å². The maximum Gasteiger partial charge on any atom is 0.200 e. The van der Waals surface area contributed by atoms with Crippen LogP contribution in [0.3, 0.4) is 0 Å². The average Bonchev–Trinajstić information content (AvgIpc) is 3.51. The molecule has 3 aromatic heterocycles. The van der Waals surface area contributed by atoms with Gasteiger partial charge in [-0.2, -0.15) is 0 Å². The van der Waals surface area contributed by atoms with Gasteiger partial charge in [0, 0.05) is 30.1 Å². The Kier molecular flexibility index (Phi) is 7.20. The van der Waals surface area contributed by atoms with Crippen LogP contribution in [0.5, 0.6) is 0 Å². The molecule has 8 heteroatoms. The molecule has 0 N–H and O–H groups in total. The number of furan rings is 1. The summed E-state index contributed by atoms with van der Waals surface area (Å²) in [4.78, 5) is 13.2. The van der Waals surface area contributed by atoms with Crippen molar-refractivity contribution in [2.45, 2.75) is 70.1 Å². The molecule has 3 heterocycles. The first-order chi connectivity index (χ1) is 15.5. The zero-order valence-corrected chi connectivity index (χ0v) is 20.2. The van der Waals surface area contributed by atoms with Crippen LogP contribution in [0.4, 0.5) is 0 Å². The Morgan fingerprint density at radius 3 is 2.75 bits per heavy atom. The van der Waals surface area contributed by atoms with Crippen LogP contribution >= 0.6 is 11.8 Å². The highest BCUT2D eigenvalue weighted by atomic mass is 32.2. The average molecular weight is 457 g/mol. The summed E-state index contributed by atoms with van der Waals surface area (Å²) >= 11 is 1.47. The van der Waals surface area contributed by atoms with Crippen LogP contribution in [0, 0.1) is 13.8 Å². The van der Waals surface area contributed by atoms with Gasteiger partial charge in [-0.3, -0.25) is 9.36 Å².